The highest BCUT2D eigenvalue weighted by Gasteiger charge is 2.21. The quantitative estimate of drug-likeness (QED) is 0.758. The summed E-state index contributed by atoms with van der Waals surface area (Å²) in [6.45, 7) is 3.42. The molecule has 0 aliphatic carbocycles. The third-order valence-corrected chi connectivity index (χ3v) is 3.41. The molecule has 2 heterocycles. The number of nitrogens with one attached hydrogen (secondary N) is 1. The van der Waals surface area contributed by atoms with Gasteiger partial charge in [0.05, 0.1) is 5.69 Å². The average Bonchev–Trinajstić information content (AvgIpc) is 2.90. The molecule has 96 valence electrons. The number of hydrogen-bond donors (Lipinski definition) is 1. The molecule has 0 radical (unpaired) electrons. The van der Waals surface area contributed by atoms with Gasteiger partial charge in [0.2, 0.25) is 0 Å². The Morgan fingerprint density at radius 3 is 3.18 bits per heavy atom. The second kappa shape index (κ2) is 6.17. The van der Waals surface area contributed by atoms with Crippen molar-refractivity contribution < 1.29 is 4.42 Å². The number of aryl methyl sites for hydroxylation is 1. The van der Waals surface area contributed by atoms with Crippen LogP contribution >= 0.6 is 0 Å². The van der Waals surface area contributed by atoms with Gasteiger partial charge in [-0.25, -0.2) is 4.98 Å². The van der Waals surface area contributed by atoms with Crippen LogP contribution in [-0.2, 0) is 12.8 Å². The zero-order valence-electron chi connectivity index (χ0n) is 10.9. The Balaban J connectivity index is 1.77. The average molecular weight is 237 g/mol. The van der Waals surface area contributed by atoms with E-state index in [4.69, 9.17) is 4.42 Å². The van der Waals surface area contributed by atoms with Crippen molar-refractivity contribution in [1.29, 1.82) is 0 Å². The Kier molecular flexibility index (Phi) is 4.57. The lowest BCUT2D eigenvalue weighted by Gasteiger charge is -2.07. The highest BCUT2D eigenvalue weighted by molar-refractivity contribution is 4.98. The Hall–Kier alpha value is -0.870. The zero-order valence-corrected chi connectivity index (χ0v) is 10.9. The Morgan fingerprint density at radius 1 is 1.59 bits per heavy atom. The molecule has 1 fully saturated rings. The summed E-state index contributed by atoms with van der Waals surface area (Å²) in [5.74, 6) is 1.65. The summed E-state index contributed by atoms with van der Waals surface area (Å²) in [5, 5.41) is 3.14. The van der Waals surface area contributed by atoms with Crippen LogP contribution in [-0.4, -0.2) is 43.6 Å². The summed E-state index contributed by atoms with van der Waals surface area (Å²) in [4.78, 5) is 6.93. The maximum atomic E-state index is 5.54. The highest BCUT2D eigenvalue weighted by atomic mass is 16.3. The van der Waals surface area contributed by atoms with Crippen molar-refractivity contribution in [2.75, 3.05) is 33.7 Å². The second-order valence-electron chi connectivity index (χ2n) is 5.06. The molecule has 0 saturated carbocycles. The molecule has 0 amide bonds. The molecule has 0 spiro atoms. The number of rotatable bonds is 6. The van der Waals surface area contributed by atoms with E-state index in [1.54, 1.807) is 0 Å². The van der Waals surface area contributed by atoms with E-state index in [1.165, 1.54) is 19.5 Å². The summed E-state index contributed by atoms with van der Waals surface area (Å²) in [6, 6.07) is 0. The zero-order chi connectivity index (χ0) is 12.1. The summed E-state index contributed by atoms with van der Waals surface area (Å²) in [6.07, 6.45) is 6.22. The van der Waals surface area contributed by atoms with Gasteiger partial charge in [0.25, 0.3) is 0 Å². The monoisotopic (exact) mass is 237 g/mol. The number of nitrogens with zero attached hydrogens (tertiary/aromatic N) is 2. The van der Waals surface area contributed by atoms with Crippen LogP contribution in [0.2, 0.25) is 0 Å². The van der Waals surface area contributed by atoms with Crippen LogP contribution in [0.5, 0.6) is 0 Å². The van der Waals surface area contributed by atoms with Crippen LogP contribution < -0.4 is 5.32 Å². The molecule has 17 heavy (non-hydrogen) atoms. The third kappa shape index (κ3) is 3.82. The smallest absolute Gasteiger partial charge is 0.194 e. The first-order chi connectivity index (χ1) is 8.28. The minimum Gasteiger partial charge on any atom is -0.449 e. The predicted octanol–water partition coefficient (Wildman–Crippen LogP) is 1.32. The lowest BCUT2D eigenvalue weighted by Crippen LogP contribution is -2.15. The van der Waals surface area contributed by atoms with Crippen molar-refractivity contribution in [2.45, 2.75) is 25.7 Å². The largest absolute Gasteiger partial charge is 0.449 e. The fourth-order valence-corrected chi connectivity index (χ4v) is 2.44. The van der Waals surface area contributed by atoms with Gasteiger partial charge in [-0.05, 0) is 52.4 Å². The standard InChI is InChI=1S/C13H23N3O/c1-14-6-3-4-12-10-17-13(15-12)8-11-5-7-16(2)9-11/h10-11,14H,3-9H2,1-2H3. The summed E-state index contributed by atoms with van der Waals surface area (Å²) in [7, 11) is 4.16. The molecule has 1 aromatic heterocycles. The molecule has 1 aliphatic heterocycles. The van der Waals surface area contributed by atoms with Crippen LogP contribution in [0, 0.1) is 5.92 Å². The van der Waals surface area contributed by atoms with Crippen LogP contribution in [0.3, 0.4) is 0 Å². The van der Waals surface area contributed by atoms with Crippen molar-refractivity contribution >= 4 is 0 Å². The van der Waals surface area contributed by atoms with E-state index in [-0.39, 0.29) is 0 Å². The lowest BCUT2D eigenvalue weighted by molar-refractivity contribution is 0.379. The van der Waals surface area contributed by atoms with Gasteiger partial charge in [0.1, 0.15) is 6.26 Å². The van der Waals surface area contributed by atoms with Gasteiger partial charge < -0.3 is 14.6 Å². The molecule has 1 saturated heterocycles. The van der Waals surface area contributed by atoms with Crippen molar-refractivity contribution in [3.63, 3.8) is 0 Å². The maximum absolute atomic E-state index is 5.54. The van der Waals surface area contributed by atoms with Crippen LogP contribution in [0.4, 0.5) is 0 Å². The SMILES string of the molecule is CNCCCc1coc(CC2CCN(C)C2)n1. The van der Waals surface area contributed by atoms with Gasteiger partial charge in [-0.2, -0.15) is 0 Å². The Bertz CT molecular complexity index is 337. The van der Waals surface area contributed by atoms with E-state index in [0.717, 1.165) is 43.3 Å². The van der Waals surface area contributed by atoms with E-state index in [0.29, 0.717) is 0 Å². The maximum Gasteiger partial charge on any atom is 0.194 e. The van der Waals surface area contributed by atoms with E-state index in [2.05, 4.69) is 22.2 Å². The molecule has 1 N–H and O–H groups in total. The molecule has 1 aromatic rings. The molecule has 1 unspecified atom stereocenters. The van der Waals surface area contributed by atoms with Gasteiger partial charge in [0.15, 0.2) is 5.89 Å². The molecule has 0 bridgehead atoms. The van der Waals surface area contributed by atoms with E-state index < -0.39 is 0 Å². The van der Waals surface area contributed by atoms with Crippen LogP contribution in [0.25, 0.3) is 0 Å². The Morgan fingerprint density at radius 2 is 2.47 bits per heavy atom. The summed E-state index contributed by atoms with van der Waals surface area (Å²) < 4.78 is 5.54. The van der Waals surface area contributed by atoms with Crippen molar-refractivity contribution in [1.82, 2.24) is 15.2 Å². The normalized spacial score (nSPS) is 21.2. The second-order valence-corrected chi connectivity index (χ2v) is 5.06. The fourth-order valence-electron chi connectivity index (χ4n) is 2.44. The highest BCUT2D eigenvalue weighted by Crippen LogP contribution is 2.19. The first-order valence-corrected chi connectivity index (χ1v) is 6.54. The van der Waals surface area contributed by atoms with Crippen molar-refractivity contribution in [3.8, 4) is 0 Å². The van der Waals surface area contributed by atoms with E-state index in [1.807, 2.05) is 13.3 Å². The molecule has 1 atom stereocenters. The first kappa shape index (κ1) is 12.6. The van der Waals surface area contributed by atoms with Gasteiger partial charge >= 0.3 is 0 Å². The number of aromatic nitrogens is 1. The summed E-state index contributed by atoms with van der Waals surface area (Å²) in [5.41, 5.74) is 1.10. The number of oxazole rings is 1. The van der Waals surface area contributed by atoms with Crippen LogP contribution in [0.15, 0.2) is 10.7 Å². The van der Waals surface area contributed by atoms with Gasteiger partial charge in [-0.15, -0.1) is 0 Å². The van der Waals surface area contributed by atoms with Gasteiger partial charge in [-0.3, -0.25) is 0 Å². The molecular weight excluding hydrogens is 214 g/mol. The Labute approximate surface area is 103 Å². The minimum atomic E-state index is 0.726. The first-order valence-electron chi connectivity index (χ1n) is 6.54. The molecule has 2 rings (SSSR count). The van der Waals surface area contributed by atoms with E-state index in [9.17, 15) is 0 Å². The predicted molar refractivity (Wildman–Crippen MR) is 68.1 cm³/mol. The number of likely N-dealkylation sites (tertiary alicyclic amines) is 1. The van der Waals surface area contributed by atoms with Crippen molar-refractivity contribution in [3.05, 3.63) is 17.8 Å². The fraction of sp³-hybridized carbons (Fsp3) is 0.769. The minimum absolute atomic E-state index is 0.726. The molecule has 0 aromatic carbocycles. The molecule has 4 nitrogen and oxygen atoms in total. The lowest BCUT2D eigenvalue weighted by atomic mass is 10.1. The van der Waals surface area contributed by atoms with Crippen LogP contribution in [0.1, 0.15) is 24.4 Å². The van der Waals surface area contributed by atoms with Gasteiger partial charge in [0, 0.05) is 13.0 Å². The van der Waals surface area contributed by atoms with Gasteiger partial charge in [-0.1, -0.05) is 0 Å². The van der Waals surface area contributed by atoms with E-state index >= 15 is 0 Å². The topological polar surface area (TPSA) is 41.3 Å². The molecular formula is C13H23N3O. The number of hydrogen-bond acceptors (Lipinski definition) is 4. The van der Waals surface area contributed by atoms with Crippen molar-refractivity contribution in [2.24, 2.45) is 5.92 Å². The summed E-state index contributed by atoms with van der Waals surface area (Å²) >= 11 is 0. The molecule has 1 aliphatic rings. The molecule has 4 heteroatoms. The third-order valence-electron chi connectivity index (χ3n) is 3.41.